The van der Waals surface area contributed by atoms with Crippen LogP contribution in [0.15, 0.2) is 9.79 Å². The number of benzene rings is 1. The van der Waals surface area contributed by atoms with Gasteiger partial charge in [-0.05, 0) is 0 Å². The molecule has 0 fully saturated rings. The molecular formula is C8H6F6N2S2. The number of thiol groups is 2. The molecule has 0 atom stereocenters. The molecule has 0 aliphatic carbocycles. The lowest BCUT2D eigenvalue weighted by Crippen LogP contribution is -2.18. The molecule has 1 rings (SSSR count). The van der Waals surface area contributed by atoms with Gasteiger partial charge in [0.1, 0.15) is 0 Å². The van der Waals surface area contributed by atoms with Crippen LogP contribution in [0.3, 0.4) is 0 Å². The smallest absolute Gasteiger partial charge is 0.397 e. The largest absolute Gasteiger partial charge is 0.419 e. The third-order valence-electron chi connectivity index (χ3n) is 2.09. The van der Waals surface area contributed by atoms with Crippen molar-refractivity contribution in [3.8, 4) is 0 Å². The molecule has 0 saturated heterocycles. The monoisotopic (exact) mass is 308 g/mol. The van der Waals surface area contributed by atoms with Gasteiger partial charge in [-0.2, -0.15) is 26.3 Å². The quantitative estimate of drug-likeness (QED) is 0.337. The Balaban J connectivity index is 3.79. The molecule has 18 heavy (non-hydrogen) atoms. The van der Waals surface area contributed by atoms with E-state index >= 15 is 0 Å². The first kappa shape index (κ1) is 15.2. The Morgan fingerprint density at radius 3 is 1.06 bits per heavy atom. The van der Waals surface area contributed by atoms with Crippen LogP contribution in [0, 0.1) is 0 Å². The van der Waals surface area contributed by atoms with Crippen molar-refractivity contribution in [2.24, 2.45) is 0 Å². The van der Waals surface area contributed by atoms with E-state index in [-0.39, 0.29) is 0 Å². The summed E-state index contributed by atoms with van der Waals surface area (Å²) in [5, 5.41) is 0. The molecule has 1 aromatic carbocycles. The number of halogens is 6. The summed E-state index contributed by atoms with van der Waals surface area (Å²) in [6.07, 6.45) is -9.95. The van der Waals surface area contributed by atoms with Gasteiger partial charge in [0.2, 0.25) is 0 Å². The number of alkyl halides is 6. The Morgan fingerprint density at radius 2 is 0.889 bits per heavy atom. The lowest BCUT2D eigenvalue weighted by atomic mass is 10.1. The lowest BCUT2D eigenvalue weighted by Gasteiger charge is -2.21. The highest BCUT2D eigenvalue weighted by Crippen LogP contribution is 2.49. The maximum atomic E-state index is 12.6. The predicted octanol–water partition coefficient (Wildman–Crippen LogP) is 3.47. The van der Waals surface area contributed by atoms with Gasteiger partial charge in [-0.1, -0.05) is 0 Å². The van der Waals surface area contributed by atoms with Crippen molar-refractivity contribution in [2.45, 2.75) is 22.1 Å². The second-order valence-corrected chi connectivity index (χ2v) is 4.16. The van der Waals surface area contributed by atoms with Crippen LogP contribution in [0.4, 0.5) is 37.7 Å². The molecule has 0 unspecified atom stereocenters. The zero-order valence-corrected chi connectivity index (χ0v) is 10.1. The summed E-state index contributed by atoms with van der Waals surface area (Å²) in [6.45, 7) is 0. The number of rotatable bonds is 0. The van der Waals surface area contributed by atoms with Crippen molar-refractivity contribution in [1.82, 2.24) is 0 Å². The van der Waals surface area contributed by atoms with Gasteiger partial charge in [-0.25, -0.2) is 0 Å². The van der Waals surface area contributed by atoms with E-state index in [0.717, 1.165) is 0 Å². The van der Waals surface area contributed by atoms with Crippen molar-refractivity contribution >= 4 is 36.6 Å². The van der Waals surface area contributed by atoms with Crippen LogP contribution in [0.2, 0.25) is 0 Å². The Hall–Kier alpha value is -0.900. The van der Waals surface area contributed by atoms with E-state index in [2.05, 4.69) is 25.3 Å². The maximum absolute atomic E-state index is 12.6. The highest BCUT2D eigenvalue weighted by atomic mass is 32.1. The number of anilines is 2. The van der Waals surface area contributed by atoms with E-state index in [1.807, 2.05) is 0 Å². The summed E-state index contributed by atoms with van der Waals surface area (Å²) in [5.74, 6) is 0. The van der Waals surface area contributed by atoms with E-state index in [4.69, 9.17) is 11.5 Å². The third kappa shape index (κ3) is 2.44. The summed E-state index contributed by atoms with van der Waals surface area (Å²) in [5.41, 5.74) is 4.71. The van der Waals surface area contributed by atoms with Crippen LogP contribution in [0.5, 0.6) is 0 Å². The molecule has 0 aliphatic rings. The molecule has 1 aromatic rings. The summed E-state index contributed by atoms with van der Waals surface area (Å²) in [4.78, 5) is -2.13. The second-order valence-electron chi connectivity index (χ2n) is 3.27. The summed E-state index contributed by atoms with van der Waals surface area (Å²) >= 11 is 6.73. The van der Waals surface area contributed by atoms with Crippen molar-refractivity contribution in [1.29, 1.82) is 0 Å². The molecule has 2 nitrogen and oxygen atoms in total. The average molecular weight is 308 g/mol. The molecule has 10 heteroatoms. The van der Waals surface area contributed by atoms with E-state index in [1.165, 1.54) is 0 Å². The number of hydrogen-bond acceptors (Lipinski definition) is 4. The van der Waals surface area contributed by atoms with Gasteiger partial charge >= 0.3 is 12.4 Å². The van der Waals surface area contributed by atoms with Crippen LogP contribution in [-0.4, -0.2) is 0 Å². The molecule has 0 radical (unpaired) electrons. The Kier molecular flexibility index (Phi) is 3.65. The summed E-state index contributed by atoms with van der Waals surface area (Å²) in [7, 11) is 0. The molecule has 0 spiro atoms. The van der Waals surface area contributed by atoms with Gasteiger partial charge in [-0.15, -0.1) is 25.3 Å². The first-order chi connectivity index (χ1) is 7.89. The molecule has 0 heterocycles. The minimum atomic E-state index is -4.98. The highest BCUT2D eigenvalue weighted by molar-refractivity contribution is 7.81. The van der Waals surface area contributed by atoms with Gasteiger partial charge in [0.15, 0.2) is 0 Å². The molecule has 0 aliphatic heterocycles. The maximum Gasteiger partial charge on any atom is 0.419 e. The van der Waals surface area contributed by atoms with Crippen LogP contribution in [-0.2, 0) is 12.4 Å². The fraction of sp³-hybridized carbons (Fsp3) is 0.250. The fourth-order valence-corrected chi connectivity index (χ4v) is 2.05. The Bertz CT molecular complexity index is 420. The van der Waals surface area contributed by atoms with Crippen molar-refractivity contribution in [2.75, 3.05) is 11.5 Å². The van der Waals surface area contributed by atoms with E-state index in [1.54, 1.807) is 0 Å². The van der Waals surface area contributed by atoms with Crippen LogP contribution >= 0.6 is 25.3 Å². The minimum absolute atomic E-state index is 1.06. The van der Waals surface area contributed by atoms with Gasteiger partial charge in [-0.3, -0.25) is 0 Å². The van der Waals surface area contributed by atoms with Crippen LogP contribution in [0.25, 0.3) is 0 Å². The normalized spacial score (nSPS) is 12.9. The highest BCUT2D eigenvalue weighted by Gasteiger charge is 2.43. The third-order valence-corrected chi connectivity index (χ3v) is 3.02. The SMILES string of the molecule is Nc1c(S)c(C(F)(F)F)c(N)c(S)c1C(F)(F)F. The standard InChI is InChI=1S/C8H6F6N2S2/c9-7(10,11)1-3(15)6(18)2(8(12,13)14)4(16)5(1)17/h17-18H,15-16H2. The Morgan fingerprint density at radius 1 is 0.667 bits per heavy atom. The zero-order chi connectivity index (χ0) is 14.5. The van der Waals surface area contributed by atoms with Crippen LogP contribution in [0.1, 0.15) is 11.1 Å². The molecule has 0 aromatic heterocycles. The lowest BCUT2D eigenvalue weighted by molar-refractivity contribution is -0.143. The molecule has 0 bridgehead atoms. The number of nitrogen functional groups attached to an aromatic ring is 2. The molecule has 0 saturated carbocycles. The van der Waals surface area contributed by atoms with Crippen molar-refractivity contribution < 1.29 is 26.3 Å². The van der Waals surface area contributed by atoms with Gasteiger partial charge < -0.3 is 11.5 Å². The molecule has 102 valence electrons. The van der Waals surface area contributed by atoms with Crippen LogP contribution < -0.4 is 11.5 Å². The molecule has 4 N–H and O–H groups in total. The summed E-state index contributed by atoms with van der Waals surface area (Å²) in [6, 6.07) is 0. The first-order valence-electron chi connectivity index (χ1n) is 4.16. The topological polar surface area (TPSA) is 52.0 Å². The summed E-state index contributed by atoms with van der Waals surface area (Å²) < 4.78 is 75.6. The average Bonchev–Trinajstić information content (AvgIpc) is 2.10. The van der Waals surface area contributed by atoms with E-state index in [9.17, 15) is 26.3 Å². The second kappa shape index (κ2) is 4.34. The first-order valence-corrected chi connectivity index (χ1v) is 5.05. The van der Waals surface area contributed by atoms with Gasteiger partial charge in [0, 0.05) is 9.79 Å². The number of hydrogen-bond donors (Lipinski definition) is 4. The predicted molar refractivity (Wildman–Crippen MR) is 59.8 cm³/mol. The number of nitrogens with two attached hydrogens (primary N) is 2. The van der Waals surface area contributed by atoms with E-state index in [0.29, 0.717) is 0 Å². The van der Waals surface area contributed by atoms with Gasteiger partial charge in [0.05, 0.1) is 22.5 Å². The molecule has 0 amide bonds. The van der Waals surface area contributed by atoms with Crippen molar-refractivity contribution in [3.05, 3.63) is 11.1 Å². The molecular weight excluding hydrogens is 302 g/mol. The van der Waals surface area contributed by atoms with Crippen molar-refractivity contribution in [3.63, 3.8) is 0 Å². The fourth-order valence-electron chi connectivity index (χ4n) is 1.34. The van der Waals surface area contributed by atoms with Gasteiger partial charge in [0.25, 0.3) is 0 Å². The van der Waals surface area contributed by atoms with E-state index < -0.39 is 44.6 Å². The Labute approximate surface area is 108 Å². The minimum Gasteiger partial charge on any atom is -0.397 e. The zero-order valence-electron chi connectivity index (χ0n) is 8.32.